The molecule has 1 unspecified atom stereocenters. The van der Waals surface area contributed by atoms with Gasteiger partial charge in [0.25, 0.3) is 0 Å². The second-order valence-corrected chi connectivity index (χ2v) is 3.13. The Balaban J connectivity index is 2.46. The van der Waals surface area contributed by atoms with Crippen molar-refractivity contribution in [1.29, 1.82) is 5.26 Å². The van der Waals surface area contributed by atoms with Gasteiger partial charge in [-0.05, 0) is 5.56 Å². The Morgan fingerprint density at radius 1 is 1.33 bits per heavy atom. The topological polar surface area (TPSA) is 74.2 Å². The molecule has 0 saturated heterocycles. The summed E-state index contributed by atoms with van der Waals surface area (Å²) in [6.45, 7) is 0. The van der Waals surface area contributed by atoms with Crippen molar-refractivity contribution < 1.29 is 0 Å². The first-order valence-electron chi connectivity index (χ1n) is 4.56. The number of hydrogen-bond donors (Lipinski definition) is 2. The van der Waals surface area contributed by atoms with Gasteiger partial charge in [-0.3, -0.25) is 10.7 Å². The van der Waals surface area contributed by atoms with Crippen LogP contribution in [0.2, 0.25) is 0 Å². The highest BCUT2D eigenvalue weighted by Gasteiger charge is 2.14. The predicted molar refractivity (Wildman–Crippen MR) is 58.6 cm³/mol. The number of allylic oxidation sites excluding steroid dienone is 1. The van der Waals surface area contributed by atoms with Gasteiger partial charge >= 0.3 is 0 Å². The molecule has 15 heavy (non-hydrogen) atoms. The molecule has 1 atom stereocenters. The Hall–Kier alpha value is -2.12. The van der Waals surface area contributed by atoms with E-state index in [0.29, 0.717) is 5.57 Å². The SMILES string of the molecule is N#CC1=C(c2ccccc2)NC(N)N=C1. The lowest BCUT2D eigenvalue weighted by Gasteiger charge is -2.19. The Kier molecular flexibility index (Phi) is 2.48. The van der Waals surface area contributed by atoms with E-state index in [1.165, 1.54) is 6.21 Å². The minimum atomic E-state index is -0.475. The van der Waals surface area contributed by atoms with Gasteiger partial charge in [-0.15, -0.1) is 0 Å². The van der Waals surface area contributed by atoms with Gasteiger partial charge in [-0.2, -0.15) is 5.26 Å². The number of aliphatic imine (C=N–C) groups is 1. The summed E-state index contributed by atoms with van der Waals surface area (Å²) in [5.41, 5.74) is 7.81. The molecule has 3 N–H and O–H groups in total. The van der Waals surface area contributed by atoms with Crippen LogP contribution in [-0.4, -0.2) is 12.5 Å². The molecule has 1 aromatic rings. The van der Waals surface area contributed by atoms with Gasteiger partial charge < -0.3 is 5.32 Å². The fraction of sp³-hybridized carbons (Fsp3) is 0.0909. The van der Waals surface area contributed by atoms with Crippen LogP contribution >= 0.6 is 0 Å². The third kappa shape index (κ3) is 1.87. The van der Waals surface area contributed by atoms with Gasteiger partial charge in [0.05, 0.1) is 11.3 Å². The summed E-state index contributed by atoms with van der Waals surface area (Å²) >= 11 is 0. The first-order chi connectivity index (χ1) is 7.31. The second kappa shape index (κ2) is 3.95. The second-order valence-electron chi connectivity index (χ2n) is 3.13. The number of rotatable bonds is 1. The quantitative estimate of drug-likeness (QED) is 0.702. The number of nitrogens with two attached hydrogens (primary N) is 1. The van der Waals surface area contributed by atoms with Gasteiger partial charge in [0.1, 0.15) is 6.07 Å². The Morgan fingerprint density at radius 3 is 2.73 bits per heavy atom. The van der Waals surface area contributed by atoms with Crippen molar-refractivity contribution in [2.75, 3.05) is 0 Å². The standard InChI is InChI=1S/C11H10N4/c12-6-9-7-14-11(13)15-10(9)8-4-2-1-3-5-8/h1-5,7,11,15H,13H2. The number of nitrogens with one attached hydrogen (secondary N) is 1. The molecule has 4 nitrogen and oxygen atoms in total. The first kappa shape index (κ1) is 9.44. The molecule has 0 aliphatic carbocycles. The van der Waals surface area contributed by atoms with Crippen molar-refractivity contribution >= 4 is 11.9 Å². The molecule has 0 spiro atoms. The normalized spacial score (nSPS) is 19.6. The maximum Gasteiger partial charge on any atom is 0.171 e. The number of nitrogens with zero attached hydrogens (tertiary/aromatic N) is 2. The summed E-state index contributed by atoms with van der Waals surface area (Å²) in [7, 11) is 0. The highest BCUT2D eigenvalue weighted by Crippen LogP contribution is 2.17. The molecule has 1 aliphatic rings. The van der Waals surface area contributed by atoms with E-state index in [2.05, 4.69) is 16.4 Å². The summed E-state index contributed by atoms with van der Waals surface area (Å²) in [6, 6.07) is 11.7. The van der Waals surface area contributed by atoms with E-state index in [1.54, 1.807) is 0 Å². The predicted octanol–water partition coefficient (Wildman–Crippen LogP) is 0.838. The molecule has 0 amide bonds. The van der Waals surface area contributed by atoms with E-state index in [1.807, 2.05) is 30.3 Å². The van der Waals surface area contributed by atoms with Crippen LogP contribution in [0, 0.1) is 11.3 Å². The Labute approximate surface area is 87.7 Å². The molecule has 1 aliphatic heterocycles. The van der Waals surface area contributed by atoms with E-state index in [9.17, 15) is 0 Å². The largest absolute Gasteiger partial charge is 0.350 e. The number of benzene rings is 1. The Morgan fingerprint density at radius 2 is 2.07 bits per heavy atom. The van der Waals surface area contributed by atoms with Gasteiger partial charge in [0.15, 0.2) is 6.29 Å². The van der Waals surface area contributed by atoms with Crippen LogP contribution < -0.4 is 11.1 Å². The van der Waals surface area contributed by atoms with Crippen LogP contribution in [0.5, 0.6) is 0 Å². The zero-order valence-electron chi connectivity index (χ0n) is 8.01. The van der Waals surface area contributed by atoms with Gasteiger partial charge in [0, 0.05) is 6.21 Å². The van der Waals surface area contributed by atoms with Gasteiger partial charge in [0.2, 0.25) is 0 Å². The summed E-state index contributed by atoms with van der Waals surface area (Å²) in [6.07, 6.45) is 1.03. The van der Waals surface area contributed by atoms with Crippen LogP contribution in [0.4, 0.5) is 0 Å². The third-order valence-corrected chi connectivity index (χ3v) is 2.11. The lowest BCUT2D eigenvalue weighted by Crippen LogP contribution is -2.37. The first-order valence-corrected chi connectivity index (χ1v) is 4.56. The summed E-state index contributed by atoms with van der Waals surface area (Å²) in [4.78, 5) is 3.92. The Bertz CT molecular complexity index is 453. The average Bonchev–Trinajstić information content (AvgIpc) is 2.30. The maximum absolute atomic E-state index is 8.93. The number of nitriles is 1. The average molecular weight is 198 g/mol. The van der Waals surface area contributed by atoms with Gasteiger partial charge in [-0.25, -0.2) is 0 Å². The fourth-order valence-corrected chi connectivity index (χ4v) is 1.41. The fourth-order valence-electron chi connectivity index (χ4n) is 1.41. The van der Waals surface area contributed by atoms with Crippen molar-refractivity contribution in [2.24, 2.45) is 10.7 Å². The van der Waals surface area contributed by atoms with Crippen LogP contribution in [0.25, 0.3) is 5.70 Å². The molecule has 0 saturated carbocycles. The molecule has 0 radical (unpaired) electrons. The van der Waals surface area contributed by atoms with Crippen molar-refractivity contribution in [1.82, 2.24) is 5.32 Å². The summed E-state index contributed by atoms with van der Waals surface area (Å²) in [5.74, 6) is 0. The molecule has 0 bridgehead atoms. The number of hydrogen-bond acceptors (Lipinski definition) is 4. The monoisotopic (exact) mass is 198 g/mol. The van der Waals surface area contributed by atoms with Gasteiger partial charge in [-0.1, -0.05) is 30.3 Å². The lowest BCUT2D eigenvalue weighted by molar-refractivity contribution is 0.650. The van der Waals surface area contributed by atoms with E-state index >= 15 is 0 Å². The zero-order valence-corrected chi connectivity index (χ0v) is 8.01. The summed E-state index contributed by atoms with van der Waals surface area (Å²) < 4.78 is 0. The zero-order chi connectivity index (χ0) is 10.7. The summed E-state index contributed by atoms with van der Waals surface area (Å²) in [5, 5.41) is 11.9. The van der Waals surface area contributed by atoms with Crippen molar-refractivity contribution in [2.45, 2.75) is 6.29 Å². The lowest BCUT2D eigenvalue weighted by atomic mass is 10.1. The highest BCUT2D eigenvalue weighted by atomic mass is 15.2. The van der Waals surface area contributed by atoms with Crippen LogP contribution in [0.15, 0.2) is 40.9 Å². The molecular formula is C11H10N4. The van der Waals surface area contributed by atoms with E-state index in [-0.39, 0.29) is 0 Å². The molecule has 2 rings (SSSR count). The molecular weight excluding hydrogens is 188 g/mol. The van der Waals surface area contributed by atoms with E-state index < -0.39 is 6.29 Å². The molecule has 74 valence electrons. The van der Waals surface area contributed by atoms with Crippen molar-refractivity contribution in [3.05, 3.63) is 41.5 Å². The smallest absolute Gasteiger partial charge is 0.171 e. The van der Waals surface area contributed by atoms with Crippen LogP contribution in [0.3, 0.4) is 0 Å². The highest BCUT2D eigenvalue weighted by molar-refractivity contribution is 5.96. The molecule has 4 heteroatoms. The molecule has 1 aromatic carbocycles. The minimum Gasteiger partial charge on any atom is -0.350 e. The maximum atomic E-state index is 8.93. The third-order valence-electron chi connectivity index (χ3n) is 2.11. The van der Waals surface area contributed by atoms with E-state index in [0.717, 1.165) is 11.3 Å². The van der Waals surface area contributed by atoms with Crippen molar-refractivity contribution in [3.8, 4) is 6.07 Å². The van der Waals surface area contributed by atoms with Crippen LogP contribution in [-0.2, 0) is 0 Å². The molecule has 0 aromatic heterocycles. The van der Waals surface area contributed by atoms with Crippen LogP contribution in [0.1, 0.15) is 5.56 Å². The molecule has 0 fully saturated rings. The molecule has 1 heterocycles. The van der Waals surface area contributed by atoms with Crippen molar-refractivity contribution in [3.63, 3.8) is 0 Å². The minimum absolute atomic E-state index is 0.475. The van der Waals surface area contributed by atoms with E-state index in [4.69, 9.17) is 11.0 Å².